The molecule has 30 heavy (non-hydrogen) atoms. The Labute approximate surface area is 176 Å². The second-order valence-electron chi connectivity index (χ2n) is 7.60. The van der Waals surface area contributed by atoms with Crippen LogP contribution in [0.2, 0.25) is 0 Å². The van der Waals surface area contributed by atoms with Crippen molar-refractivity contribution in [3.05, 3.63) is 101 Å². The van der Waals surface area contributed by atoms with Gasteiger partial charge in [0.2, 0.25) is 5.91 Å². The van der Waals surface area contributed by atoms with Crippen molar-refractivity contribution in [3.8, 4) is 0 Å². The van der Waals surface area contributed by atoms with Crippen LogP contribution in [0.1, 0.15) is 42.3 Å². The summed E-state index contributed by atoms with van der Waals surface area (Å²) in [5, 5.41) is 2.88. The molecule has 150 valence electrons. The Hall–Kier alpha value is -3.66. The summed E-state index contributed by atoms with van der Waals surface area (Å²) in [6, 6.07) is 23.6. The van der Waals surface area contributed by atoms with Crippen LogP contribution in [-0.2, 0) is 11.2 Å². The minimum absolute atomic E-state index is 0.161. The molecule has 0 spiro atoms. The number of aromatic nitrogens is 1. The number of carbonyl (C=O) groups is 1. The van der Waals surface area contributed by atoms with Gasteiger partial charge in [-0.15, -0.1) is 0 Å². The van der Waals surface area contributed by atoms with E-state index in [1.807, 2.05) is 60.7 Å². The van der Waals surface area contributed by atoms with E-state index in [0.717, 1.165) is 27.9 Å². The molecule has 1 aromatic heterocycles. The maximum absolute atomic E-state index is 12.1. The molecule has 0 radical (unpaired) electrons. The second-order valence-corrected chi connectivity index (χ2v) is 7.60. The molecule has 0 saturated carbocycles. The lowest BCUT2D eigenvalue weighted by molar-refractivity contribution is -0.111. The van der Waals surface area contributed by atoms with Gasteiger partial charge in [-0.05, 0) is 52.9 Å². The van der Waals surface area contributed by atoms with Crippen LogP contribution in [0, 0.1) is 0 Å². The molecule has 1 heterocycles. The molecule has 0 bridgehead atoms. The quantitative estimate of drug-likeness (QED) is 0.395. The standard InChI is InChI=1S/C26H24N2O2/c1-18(2)21-11-14-24-23(17-21)28-26(30-24)16-20-8-12-22(13-9-20)27-25(29)15-10-19-6-4-3-5-7-19/h3-15,17-18H,16H2,1-2H3,(H,27,29)/b15-10+. The number of amides is 1. The minimum Gasteiger partial charge on any atom is -0.440 e. The molecule has 0 fully saturated rings. The van der Waals surface area contributed by atoms with Gasteiger partial charge in [-0.2, -0.15) is 0 Å². The van der Waals surface area contributed by atoms with E-state index in [9.17, 15) is 4.79 Å². The highest BCUT2D eigenvalue weighted by molar-refractivity contribution is 6.01. The Morgan fingerprint density at radius 1 is 1.03 bits per heavy atom. The van der Waals surface area contributed by atoms with Gasteiger partial charge >= 0.3 is 0 Å². The van der Waals surface area contributed by atoms with E-state index >= 15 is 0 Å². The highest BCUT2D eigenvalue weighted by Crippen LogP contribution is 2.23. The largest absolute Gasteiger partial charge is 0.440 e. The Morgan fingerprint density at radius 2 is 1.80 bits per heavy atom. The molecule has 0 aliphatic carbocycles. The lowest BCUT2D eigenvalue weighted by Gasteiger charge is -2.03. The van der Waals surface area contributed by atoms with Crippen molar-refractivity contribution in [1.29, 1.82) is 0 Å². The minimum atomic E-state index is -0.161. The maximum atomic E-state index is 12.1. The molecule has 0 unspecified atom stereocenters. The summed E-state index contributed by atoms with van der Waals surface area (Å²) in [6.45, 7) is 4.33. The van der Waals surface area contributed by atoms with Gasteiger partial charge in [-0.3, -0.25) is 4.79 Å². The predicted octanol–water partition coefficient (Wildman–Crippen LogP) is 6.19. The zero-order valence-corrected chi connectivity index (χ0v) is 17.1. The van der Waals surface area contributed by atoms with Gasteiger partial charge in [0.1, 0.15) is 5.52 Å². The fourth-order valence-electron chi connectivity index (χ4n) is 3.23. The number of fused-ring (bicyclic) bond motifs is 1. The van der Waals surface area contributed by atoms with Crippen LogP contribution in [0.15, 0.2) is 83.3 Å². The van der Waals surface area contributed by atoms with Crippen LogP contribution in [0.3, 0.4) is 0 Å². The summed E-state index contributed by atoms with van der Waals surface area (Å²) in [5.41, 5.74) is 5.77. The van der Waals surface area contributed by atoms with Crippen molar-refractivity contribution >= 4 is 28.8 Å². The molecule has 0 saturated heterocycles. The highest BCUT2D eigenvalue weighted by Gasteiger charge is 2.09. The van der Waals surface area contributed by atoms with Gasteiger partial charge in [0.15, 0.2) is 11.5 Å². The molecular formula is C26H24N2O2. The molecule has 4 aromatic rings. The summed E-state index contributed by atoms with van der Waals surface area (Å²) >= 11 is 0. The third-order valence-corrected chi connectivity index (χ3v) is 4.93. The first-order valence-corrected chi connectivity index (χ1v) is 10.1. The molecule has 4 heteroatoms. The Morgan fingerprint density at radius 3 is 2.53 bits per heavy atom. The van der Waals surface area contributed by atoms with Crippen molar-refractivity contribution in [2.45, 2.75) is 26.2 Å². The fraction of sp³-hybridized carbons (Fsp3) is 0.154. The SMILES string of the molecule is CC(C)c1ccc2oc(Cc3ccc(NC(=O)/C=C/c4ccccc4)cc3)nc2c1. The zero-order valence-electron chi connectivity index (χ0n) is 17.1. The van der Waals surface area contributed by atoms with Crippen LogP contribution in [-0.4, -0.2) is 10.9 Å². The van der Waals surface area contributed by atoms with Crippen LogP contribution in [0.4, 0.5) is 5.69 Å². The lowest BCUT2D eigenvalue weighted by Crippen LogP contribution is -2.07. The number of oxazole rings is 1. The monoisotopic (exact) mass is 396 g/mol. The van der Waals surface area contributed by atoms with E-state index < -0.39 is 0 Å². The first kappa shape index (κ1) is 19.6. The predicted molar refractivity (Wildman–Crippen MR) is 121 cm³/mol. The van der Waals surface area contributed by atoms with Gasteiger partial charge in [0.05, 0.1) is 0 Å². The first-order chi connectivity index (χ1) is 14.6. The molecule has 0 atom stereocenters. The van der Waals surface area contributed by atoms with E-state index in [0.29, 0.717) is 18.2 Å². The van der Waals surface area contributed by atoms with Crippen molar-refractivity contribution in [1.82, 2.24) is 4.98 Å². The van der Waals surface area contributed by atoms with Gasteiger partial charge in [-0.25, -0.2) is 4.98 Å². The van der Waals surface area contributed by atoms with Gasteiger partial charge in [0, 0.05) is 18.2 Å². The molecule has 3 aromatic carbocycles. The Bertz CT molecular complexity index is 1170. The normalized spacial score (nSPS) is 11.4. The number of nitrogens with one attached hydrogen (secondary N) is 1. The molecule has 0 aliphatic heterocycles. The number of hydrogen-bond acceptors (Lipinski definition) is 3. The van der Waals surface area contributed by atoms with Gasteiger partial charge in [0.25, 0.3) is 0 Å². The second kappa shape index (κ2) is 8.78. The van der Waals surface area contributed by atoms with Crippen LogP contribution < -0.4 is 5.32 Å². The number of anilines is 1. The topological polar surface area (TPSA) is 55.1 Å². The Kier molecular flexibility index (Phi) is 5.75. The van der Waals surface area contributed by atoms with E-state index in [-0.39, 0.29) is 5.91 Å². The third-order valence-electron chi connectivity index (χ3n) is 4.93. The van der Waals surface area contributed by atoms with Crippen molar-refractivity contribution in [2.75, 3.05) is 5.32 Å². The summed E-state index contributed by atoms with van der Waals surface area (Å²) in [6.07, 6.45) is 3.93. The zero-order chi connectivity index (χ0) is 20.9. The fourth-order valence-corrected chi connectivity index (χ4v) is 3.23. The molecule has 1 amide bonds. The Balaban J connectivity index is 1.39. The van der Waals surface area contributed by atoms with E-state index in [2.05, 4.69) is 36.3 Å². The molecular weight excluding hydrogens is 372 g/mol. The lowest BCUT2D eigenvalue weighted by atomic mass is 10.0. The number of rotatable bonds is 6. The van der Waals surface area contributed by atoms with Crippen LogP contribution in [0.25, 0.3) is 17.2 Å². The van der Waals surface area contributed by atoms with Gasteiger partial charge in [-0.1, -0.05) is 62.4 Å². The molecule has 1 N–H and O–H groups in total. The number of carbonyl (C=O) groups excluding carboxylic acids is 1. The molecule has 4 nitrogen and oxygen atoms in total. The average molecular weight is 396 g/mol. The maximum Gasteiger partial charge on any atom is 0.248 e. The summed E-state index contributed by atoms with van der Waals surface area (Å²) in [5.74, 6) is 0.986. The number of nitrogens with zero attached hydrogens (tertiary/aromatic N) is 1. The van der Waals surface area contributed by atoms with Crippen molar-refractivity contribution in [2.24, 2.45) is 0 Å². The van der Waals surface area contributed by atoms with E-state index in [1.165, 1.54) is 11.6 Å². The van der Waals surface area contributed by atoms with Crippen LogP contribution >= 0.6 is 0 Å². The number of hydrogen-bond donors (Lipinski definition) is 1. The van der Waals surface area contributed by atoms with Crippen molar-refractivity contribution in [3.63, 3.8) is 0 Å². The van der Waals surface area contributed by atoms with E-state index in [1.54, 1.807) is 6.08 Å². The van der Waals surface area contributed by atoms with Gasteiger partial charge < -0.3 is 9.73 Å². The van der Waals surface area contributed by atoms with Crippen molar-refractivity contribution < 1.29 is 9.21 Å². The van der Waals surface area contributed by atoms with E-state index in [4.69, 9.17) is 4.42 Å². The highest BCUT2D eigenvalue weighted by atomic mass is 16.3. The summed E-state index contributed by atoms with van der Waals surface area (Å²) < 4.78 is 5.89. The smallest absolute Gasteiger partial charge is 0.248 e. The average Bonchev–Trinajstić information content (AvgIpc) is 3.16. The summed E-state index contributed by atoms with van der Waals surface area (Å²) in [4.78, 5) is 16.7. The summed E-state index contributed by atoms with van der Waals surface area (Å²) in [7, 11) is 0. The third kappa shape index (κ3) is 4.84. The van der Waals surface area contributed by atoms with Crippen LogP contribution in [0.5, 0.6) is 0 Å². The first-order valence-electron chi connectivity index (χ1n) is 10.1. The molecule has 4 rings (SSSR count). The number of benzene rings is 3. The molecule has 0 aliphatic rings.